The van der Waals surface area contributed by atoms with Crippen LogP contribution in [0.1, 0.15) is 18.2 Å². The number of anilines is 1. The van der Waals surface area contributed by atoms with E-state index in [1.165, 1.54) is 6.33 Å². The van der Waals surface area contributed by atoms with Crippen LogP contribution in [-0.4, -0.2) is 22.4 Å². The minimum absolute atomic E-state index is 0.0502. The lowest BCUT2D eigenvalue weighted by molar-refractivity contribution is -0.120. The molecule has 0 aliphatic carbocycles. The van der Waals surface area contributed by atoms with Crippen LogP contribution in [0.15, 0.2) is 42.9 Å². The van der Waals surface area contributed by atoms with Gasteiger partial charge in [0.15, 0.2) is 0 Å². The molecule has 1 heterocycles. The van der Waals surface area contributed by atoms with E-state index in [1.807, 2.05) is 37.3 Å². The molecule has 5 heteroatoms. The molecule has 0 bridgehead atoms. The third-order valence-corrected chi connectivity index (χ3v) is 2.81. The Morgan fingerprint density at radius 2 is 2.00 bits per heavy atom. The topological polar surface area (TPSA) is 66.9 Å². The first-order valence-electron chi connectivity index (χ1n) is 6.62. The summed E-state index contributed by atoms with van der Waals surface area (Å²) in [6.07, 6.45) is 3.67. The summed E-state index contributed by atoms with van der Waals surface area (Å²) in [5.41, 5.74) is 2.94. The van der Waals surface area contributed by atoms with Gasteiger partial charge in [0.05, 0.1) is 18.7 Å². The fraction of sp³-hybridized carbons (Fsp3) is 0.267. The second-order valence-electron chi connectivity index (χ2n) is 4.38. The molecule has 2 N–H and O–H groups in total. The van der Waals surface area contributed by atoms with E-state index in [0.29, 0.717) is 19.5 Å². The first kappa shape index (κ1) is 14.0. The molecule has 0 radical (unpaired) electrons. The Hall–Kier alpha value is -2.43. The van der Waals surface area contributed by atoms with Crippen molar-refractivity contribution in [1.29, 1.82) is 0 Å². The Morgan fingerprint density at radius 3 is 2.65 bits per heavy atom. The summed E-state index contributed by atoms with van der Waals surface area (Å²) >= 11 is 0. The number of hydrogen-bond donors (Lipinski definition) is 2. The minimum Gasteiger partial charge on any atom is -0.379 e. The molecule has 0 unspecified atom stereocenters. The normalized spacial score (nSPS) is 10.1. The largest absolute Gasteiger partial charge is 0.379 e. The van der Waals surface area contributed by atoms with Gasteiger partial charge in [0.1, 0.15) is 6.33 Å². The van der Waals surface area contributed by atoms with Crippen molar-refractivity contribution in [3.63, 3.8) is 0 Å². The van der Waals surface area contributed by atoms with Crippen molar-refractivity contribution < 1.29 is 4.79 Å². The van der Waals surface area contributed by atoms with Gasteiger partial charge in [-0.1, -0.05) is 12.1 Å². The molecule has 2 rings (SSSR count). The van der Waals surface area contributed by atoms with Gasteiger partial charge in [-0.05, 0) is 30.7 Å². The van der Waals surface area contributed by atoms with E-state index >= 15 is 0 Å². The first-order chi connectivity index (χ1) is 9.78. The number of benzene rings is 1. The molecular formula is C15H18N4O. The summed E-state index contributed by atoms with van der Waals surface area (Å²) < 4.78 is 0. The Morgan fingerprint density at radius 1 is 1.20 bits per heavy atom. The number of carbonyl (C=O) groups excluding carboxylic acids is 1. The van der Waals surface area contributed by atoms with Crippen LogP contribution in [0.5, 0.6) is 0 Å². The minimum atomic E-state index is 0.0502. The quantitative estimate of drug-likeness (QED) is 0.839. The number of amides is 1. The van der Waals surface area contributed by atoms with Crippen LogP contribution in [0.25, 0.3) is 0 Å². The maximum absolute atomic E-state index is 11.5. The van der Waals surface area contributed by atoms with Crippen molar-refractivity contribution in [2.24, 2.45) is 0 Å². The van der Waals surface area contributed by atoms with Crippen LogP contribution in [0.3, 0.4) is 0 Å². The van der Waals surface area contributed by atoms with Gasteiger partial charge in [0.25, 0.3) is 0 Å². The molecule has 1 aromatic carbocycles. The molecule has 0 saturated carbocycles. The predicted octanol–water partition coefficient (Wildman–Crippen LogP) is 1.77. The highest BCUT2D eigenvalue weighted by Crippen LogP contribution is 2.11. The summed E-state index contributed by atoms with van der Waals surface area (Å²) in [6.45, 7) is 3.23. The Labute approximate surface area is 118 Å². The van der Waals surface area contributed by atoms with Gasteiger partial charge in [0.2, 0.25) is 5.91 Å². The standard InChI is InChI=1S/C15H18N4O/c1-2-17-15(20)9-12-3-5-13(6-4-12)18-10-14-7-8-16-11-19-14/h3-8,11,18H,2,9-10H2,1H3,(H,17,20). The van der Waals surface area contributed by atoms with Crippen LogP contribution >= 0.6 is 0 Å². The summed E-state index contributed by atoms with van der Waals surface area (Å²) in [5, 5.41) is 6.06. The number of carbonyl (C=O) groups is 1. The highest BCUT2D eigenvalue weighted by Gasteiger charge is 2.02. The monoisotopic (exact) mass is 270 g/mol. The second-order valence-corrected chi connectivity index (χ2v) is 4.38. The summed E-state index contributed by atoms with van der Waals surface area (Å²) in [7, 11) is 0. The molecule has 0 aliphatic rings. The molecule has 0 atom stereocenters. The van der Waals surface area contributed by atoms with E-state index in [2.05, 4.69) is 20.6 Å². The third kappa shape index (κ3) is 4.35. The van der Waals surface area contributed by atoms with Crippen LogP contribution in [0, 0.1) is 0 Å². The Kier molecular flexibility index (Phi) is 5.06. The predicted molar refractivity (Wildman–Crippen MR) is 78.2 cm³/mol. The van der Waals surface area contributed by atoms with E-state index in [1.54, 1.807) is 6.20 Å². The average molecular weight is 270 g/mol. The lowest BCUT2D eigenvalue weighted by Crippen LogP contribution is -2.24. The van der Waals surface area contributed by atoms with Crippen LogP contribution in [-0.2, 0) is 17.8 Å². The molecule has 0 fully saturated rings. The number of hydrogen-bond acceptors (Lipinski definition) is 4. The zero-order valence-electron chi connectivity index (χ0n) is 11.5. The van der Waals surface area contributed by atoms with Crippen molar-refractivity contribution in [2.45, 2.75) is 19.9 Å². The maximum atomic E-state index is 11.5. The van der Waals surface area contributed by atoms with Crippen LogP contribution < -0.4 is 10.6 Å². The molecule has 2 aromatic rings. The molecular weight excluding hydrogens is 252 g/mol. The van der Waals surface area contributed by atoms with E-state index in [0.717, 1.165) is 16.9 Å². The maximum Gasteiger partial charge on any atom is 0.224 e. The van der Waals surface area contributed by atoms with Gasteiger partial charge in [-0.2, -0.15) is 0 Å². The zero-order chi connectivity index (χ0) is 14.2. The van der Waals surface area contributed by atoms with Gasteiger partial charge in [-0.3, -0.25) is 4.79 Å². The Bertz CT molecular complexity index is 540. The van der Waals surface area contributed by atoms with Gasteiger partial charge in [-0.15, -0.1) is 0 Å². The van der Waals surface area contributed by atoms with E-state index < -0.39 is 0 Å². The highest BCUT2D eigenvalue weighted by molar-refractivity contribution is 5.78. The summed E-state index contributed by atoms with van der Waals surface area (Å²) in [4.78, 5) is 19.5. The lowest BCUT2D eigenvalue weighted by atomic mass is 10.1. The molecule has 0 aliphatic heterocycles. The molecule has 20 heavy (non-hydrogen) atoms. The van der Waals surface area contributed by atoms with Crippen molar-refractivity contribution in [1.82, 2.24) is 15.3 Å². The summed E-state index contributed by atoms with van der Waals surface area (Å²) in [6, 6.07) is 9.72. The van der Waals surface area contributed by atoms with Crippen molar-refractivity contribution in [3.8, 4) is 0 Å². The molecule has 5 nitrogen and oxygen atoms in total. The summed E-state index contributed by atoms with van der Waals surface area (Å²) in [5.74, 6) is 0.0502. The second kappa shape index (κ2) is 7.23. The smallest absolute Gasteiger partial charge is 0.224 e. The van der Waals surface area contributed by atoms with Crippen molar-refractivity contribution in [3.05, 3.63) is 54.1 Å². The third-order valence-electron chi connectivity index (χ3n) is 2.81. The average Bonchev–Trinajstić information content (AvgIpc) is 2.48. The van der Waals surface area contributed by atoms with Gasteiger partial charge < -0.3 is 10.6 Å². The number of nitrogens with one attached hydrogen (secondary N) is 2. The number of rotatable bonds is 6. The number of aromatic nitrogens is 2. The van der Waals surface area contributed by atoms with Crippen LogP contribution in [0.2, 0.25) is 0 Å². The van der Waals surface area contributed by atoms with Crippen molar-refractivity contribution in [2.75, 3.05) is 11.9 Å². The van der Waals surface area contributed by atoms with E-state index in [-0.39, 0.29) is 5.91 Å². The fourth-order valence-electron chi connectivity index (χ4n) is 1.80. The van der Waals surface area contributed by atoms with Gasteiger partial charge in [-0.25, -0.2) is 9.97 Å². The first-order valence-corrected chi connectivity index (χ1v) is 6.62. The molecule has 0 spiro atoms. The SMILES string of the molecule is CCNC(=O)Cc1ccc(NCc2ccncn2)cc1. The molecule has 104 valence electrons. The van der Waals surface area contributed by atoms with Crippen LogP contribution in [0.4, 0.5) is 5.69 Å². The zero-order valence-corrected chi connectivity index (χ0v) is 11.5. The van der Waals surface area contributed by atoms with Gasteiger partial charge in [0, 0.05) is 18.4 Å². The lowest BCUT2D eigenvalue weighted by Gasteiger charge is -2.07. The van der Waals surface area contributed by atoms with Gasteiger partial charge >= 0.3 is 0 Å². The highest BCUT2D eigenvalue weighted by atomic mass is 16.1. The van der Waals surface area contributed by atoms with Crippen molar-refractivity contribution >= 4 is 11.6 Å². The number of nitrogens with zero attached hydrogens (tertiary/aromatic N) is 2. The molecule has 1 aromatic heterocycles. The molecule has 1 amide bonds. The van der Waals surface area contributed by atoms with E-state index in [9.17, 15) is 4.79 Å². The number of likely N-dealkylation sites (N-methyl/N-ethyl adjacent to an activating group) is 1. The Balaban J connectivity index is 1.87. The molecule has 0 saturated heterocycles. The van der Waals surface area contributed by atoms with E-state index in [4.69, 9.17) is 0 Å². The fourth-order valence-corrected chi connectivity index (χ4v) is 1.80.